The van der Waals surface area contributed by atoms with Crippen molar-refractivity contribution in [1.82, 2.24) is 5.32 Å². The summed E-state index contributed by atoms with van der Waals surface area (Å²) in [6, 6.07) is 20.2. The van der Waals surface area contributed by atoms with Gasteiger partial charge < -0.3 is 15.2 Å². The van der Waals surface area contributed by atoms with E-state index < -0.39 is 5.97 Å². The number of benzene rings is 3. The Kier molecular flexibility index (Phi) is 7.56. The monoisotopic (exact) mass is 485 g/mol. The zero-order chi connectivity index (χ0) is 25.9. The van der Waals surface area contributed by atoms with Gasteiger partial charge in [-0.2, -0.15) is 0 Å². The summed E-state index contributed by atoms with van der Waals surface area (Å²) >= 11 is 0. The van der Waals surface area contributed by atoms with Crippen LogP contribution in [0.25, 0.3) is 22.3 Å². The molecule has 0 spiro atoms. The highest BCUT2D eigenvalue weighted by Crippen LogP contribution is 2.47. The number of carboxylic acid groups (broad SMARTS) is 1. The summed E-state index contributed by atoms with van der Waals surface area (Å²) in [6.45, 7) is 13.9. The maximum atomic E-state index is 12.2. The molecule has 0 aliphatic heterocycles. The van der Waals surface area contributed by atoms with E-state index in [2.05, 4.69) is 58.1 Å². The van der Waals surface area contributed by atoms with Crippen LogP contribution in [0.1, 0.15) is 75.4 Å². The van der Waals surface area contributed by atoms with Crippen LogP contribution in [0.4, 0.5) is 0 Å². The van der Waals surface area contributed by atoms with Crippen LogP contribution in [-0.2, 0) is 10.8 Å². The summed E-state index contributed by atoms with van der Waals surface area (Å²) in [5.41, 5.74) is 6.95. The highest BCUT2D eigenvalue weighted by Gasteiger charge is 2.37. The molecule has 1 aliphatic carbocycles. The molecule has 0 saturated carbocycles. The van der Waals surface area contributed by atoms with E-state index in [9.17, 15) is 9.90 Å². The second-order valence-electron chi connectivity index (χ2n) is 11.2. The van der Waals surface area contributed by atoms with Crippen molar-refractivity contribution in [3.63, 3.8) is 0 Å². The molecule has 0 saturated heterocycles. The number of carboxylic acids is 1. The molecule has 3 aromatic rings. The summed E-state index contributed by atoms with van der Waals surface area (Å²) in [5.74, 6) is -0.0627. The minimum Gasteiger partial charge on any atom is -0.494 e. The Hall–Kier alpha value is -3.11. The van der Waals surface area contributed by atoms with Crippen molar-refractivity contribution in [3.05, 3.63) is 77.4 Å². The number of fused-ring (bicyclic) bond motifs is 1. The summed E-state index contributed by atoms with van der Waals surface area (Å²) in [7, 11) is 0. The smallest absolute Gasteiger partial charge is 0.336 e. The standard InChI is InChI=1S/C32H39NO3/c1-6-33-18-7-19-36-25-12-8-22(9-13-25)23-10-14-26(30(34)35)27(20-23)24-11-15-28-29(21-24)32(4,5)17-16-31(28,2)3/h8-15,20-21,33H,6-7,16-19H2,1-5H3,(H,34,35). The van der Waals surface area contributed by atoms with Crippen LogP contribution in [0.2, 0.25) is 0 Å². The zero-order valence-corrected chi connectivity index (χ0v) is 22.3. The number of hydrogen-bond donors (Lipinski definition) is 2. The summed E-state index contributed by atoms with van der Waals surface area (Å²) in [4.78, 5) is 12.2. The Morgan fingerprint density at radius 1 is 0.861 bits per heavy atom. The van der Waals surface area contributed by atoms with Crippen LogP contribution < -0.4 is 10.1 Å². The third-order valence-electron chi connectivity index (χ3n) is 7.62. The molecule has 3 aromatic carbocycles. The van der Waals surface area contributed by atoms with Gasteiger partial charge in [-0.1, -0.05) is 71.0 Å². The van der Waals surface area contributed by atoms with E-state index in [0.29, 0.717) is 12.2 Å². The van der Waals surface area contributed by atoms with Crippen molar-refractivity contribution in [2.45, 2.75) is 64.7 Å². The average molecular weight is 486 g/mol. The lowest BCUT2D eigenvalue weighted by Crippen LogP contribution is -2.33. The first-order valence-corrected chi connectivity index (χ1v) is 13.1. The minimum absolute atomic E-state index is 0.0598. The van der Waals surface area contributed by atoms with Gasteiger partial charge in [0, 0.05) is 0 Å². The fourth-order valence-electron chi connectivity index (χ4n) is 5.21. The number of aromatic carboxylic acids is 1. The highest BCUT2D eigenvalue weighted by atomic mass is 16.5. The van der Waals surface area contributed by atoms with Gasteiger partial charge in [-0.05, 0) is 101 Å². The lowest BCUT2D eigenvalue weighted by atomic mass is 9.63. The highest BCUT2D eigenvalue weighted by molar-refractivity contribution is 5.97. The van der Waals surface area contributed by atoms with E-state index in [1.807, 2.05) is 36.4 Å². The first-order valence-electron chi connectivity index (χ1n) is 13.1. The van der Waals surface area contributed by atoms with Gasteiger partial charge >= 0.3 is 5.97 Å². The van der Waals surface area contributed by atoms with Crippen LogP contribution in [0.15, 0.2) is 60.7 Å². The number of carbonyl (C=O) groups is 1. The third kappa shape index (κ3) is 5.49. The lowest BCUT2D eigenvalue weighted by molar-refractivity contribution is 0.0697. The SMILES string of the molecule is CCNCCCOc1ccc(-c2ccc(C(=O)O)c(-c3ccc4c(c3)C(C)(C)CCC4(C)C)c2)cc1. The Balaban J connectivity index is 1.66. The van der Waals surface area contributed by atoms with E-state index in [1.165, 1.54) is 11.1 Å². The molecule has 36 heavy (non-hydrogen) atoms. The molecule has 0 aromatic heterocycles. The maximum absolute atomic E-state index is 12.2. The Labute approximate surface area is 215 Å². The van der Waals surface area contributed by atoms with Crippen molar-refractivity contribution in [2.75, 3.05) is 19.7 Å². The van der Waals surface area contributed by atoms with Gasteiger partial charge in [0.1, 0.15) is 5.75 Å². The lowest BCUT2D eigenvalue weighted by Gasteiger charge is -2.42. The van der Waals surface area contributed by atoms with Gasteiger partial charge in [-0.3, -0.25) is 0 Å². The molecule has 0 unspecified atom stereocenters. The molecular formula is C32H39NO3. The van der Waals surface area contributed by atoms with Crippen molar-refractivity contribution in [2.24, 2.45) is 0 Å². The maximum Gasteiger partial charge on any atom is 0.336 e. The van der Waals surface area contributed by atoms with Gasteiger partial charge in [-0.25, -0.2) is 4.79 Å². The number of hydrogen-bond acceptors (Lipinski definition) is 3. The molecule has 0 fully saturated rings. The Morgan fingerprint density at radius 3 is 2.17 bits per heavy atom. The fourth-order valence-corrected chi connectivity index (χ4v) is 5.21. The largest absolute Gasteiger partial charge is 0.494 e. The fraction of sp³-hybridized carbons (Fsp3) is 0.406. The minimum atomic E-state index is -0.907. The molecule has 1 aliphatic rings. The molecule has 4 nitrogen and oxygen atoms in total. The molecule has 4 heteroatoms. The van der Waals surface area contributed by atoms with E-state index in [-0.39, 0.29) is 10.8 Å². The van der Waals surface area contributed by atoms with E-state index in [0.717, 1.165) is 60.4 Å². The summed E-state index contributed by atoms with van der Waals surface area (Å²) < 4.78 is 5.86. The zero-order valence-electron chi connectivity index (χ0n) is 22.3. The predicted octanol–water partition coefficient (Wildman–Crippen LogP) is 7.45. The quantitative estimate of drug-likeness (QED) is 0.309. The van der Waals surface area contributed by atoms with Gasteiger partial charge in [0.15, 0.2) is 0 Å². The molecular weight excluding hydrogens is 446 g/mol. The van der Waals surface area contributed by atoms with Crippen LogP contribution in [0.3, 0.4) is 0 Å². The second kappa shape index (κ2) is 10.5. The van der Waals surface area contributed by atoms with Crippen molar-refractivity contribution < 1.29 is 14.6 Å². The van der Waals surface area contributed by atoms with Crippen molar-refractivity contribution in [3.8, 4) is 28.0 Å². The van der Waals surface area contributed by atoms with Crippen LogP contribution >= 0.6 is 0 Å². The van der Waals surface area contributed by atoms with Gasteiger partial charge in [0.2, 0.25) is 0 Å². The van der Waals surface area contributed by atoms with E-state index >= 15 is 0 Å². The van der Waals surface area contributed by atoms with Gasteiger partial charge in [-0.15, -0.1) is 0 Å². The number of rotatable bonds is 9. The Morgan fingerprint density at radius 2 is 1.50 bits per heavy atom. The summed E-state index contributed by atoms with van der Waals surface area (Å²) in [5, 5.41) is 13.3. The molecule has 190 valence electrons. The third-order valence-corrected chi connectivity index (χ3v) is 7.62. The number of nitrogens with one attached hydrogen (secondary N) is 1. The molecule has 0 heterocycles. The molecule has 0 atom stereocenters. The van der Waals surface area contributed by atoms with Gasteiger partial charge in [0.05, 0.1) is 12.2 Å². The van der Waals surface area contributed by atoms with E-state index in [4.69, 9.17) is 4.74 Å². The molecule has 0 radical (unpaired) electrons. The van der Waals surface area contributed by atoms with Gasteiger partial charge in [0.25, 0.3) is 0 Å². The molecule has 2 N–H and O–H groups in total. The second-order valence-corrected chi connectivity index (χ2v) is 11.2. The first-order chi connectivity index (χ1) is 17.1. The average Bonchev–Trinajstić information content (AvgIpc) is 2.86. The first kappa shape index (κ1) is 26.0. The van der Waals surface area contributed by atoms with Crippen LogP contribution in [0.5, 0.6) is 5.75 Å². The number of ether oxygens (including phenoxy) is 1. The van der Waals surface area contributed by atoms with Crippen molar-refractivity contribution in [1.29, 1.82) is 0 Å². The topological polar surface area (TPSA) is 58.6 Å². The van der Waals surface area contributed by atoms with Crippen LogP contribution in [0, 0.1) is 0 Å². The molecule has 4 rings (SSSR count). The molecule has 0 bridgehead atoms. The van der Waals surface area contributed by atoms with Crippen molar-refractivity contribution >= 4 is 5.97 Å². The normalized spacial score (nSPS) is 15.8. The summed E-state index contributed by atoms with van der Waals surface area (Å²) in [6.07, 6.45) is 3.23. The predicted molar refractivity (Wildman–Crippen MR) is 148 cm³/mol. The van der Waals surface area contributed by atoms with Crippen LogP contribution in [-0.4, -0.2) is 30.8 Å². The van der Waals surface area contributed by atoms with E-state index in [1.54, 1.807) is 6.07 Å². The molecule has 0 amide bonds. The Bertz CT molecular complexity index is 1220.